The maximum Gasteiger partial charge on any atom is 0.310 e. The molecule has 3 aromatic rings. The number of nitrogens with one attached hydrogen (secondary N) is 1. The minimum absolute atomic E-state index is 0.129. The van der Waals surface area contributed by atoms with Crippen LogP contribution in [-0.2, 0) is 39.1 Å². The molecule has 0 saturated carbocycles. The molecule has 230 valence electrons. The van der Waals surface area contributed by atoms with Gasteiger partial charge in [-0.25, -0.2) is 9.97 Å². The van der Waals surface area contributed by atoms with Gasteiger partial charge < -0.3 is 19.0 Å². The normalized spacial score (nSPS) is 13.5. The van der Waals surface area contributed by atoms with E-state index in [9.17, 15) is 9.59 Å². The summed E-state index contributed by atoms with van der Waals surface area (Å²) in [6.45, 7) is 9.03. The lowest BCUT2D eigenvalue weighted by Crippen LogP contribution is -2.35. The van der Waals surface area contributed by atoms with E-state index < -0.39 is 11.8 Å². The van der Waals surface area contributed by atoms with Gasteiger partial charge in [0.15, 0.2) is 0 Å². The lowest BCUT2D eigenvalue weighted by atomic mass is 9.84. The molecule has 1 N–H and O–H groups in total. The average molecular weight is 579 g/mol. The fourth-order valence-electron chi connectivity index (χ4n) is 5.54. The first kappa shape index (κ1) is 33.1. The molecule has 0 spiro atoms. The number of imidazole rings is 2. The quantitative estimate of drug-likeness (QED) is 0.119. The number of hydrogen-bond acceptors (Lipinski definition) is 6. The van der Waals surface area contributed by atoms with E-state index in [1.165, 1.54) is 6.42 Å². The standard InChI is InChI=1S/C34H50N4O4/c1-6-8-10-11-12-16-30(31(19-28-20-36-24-38(28)5)34(40)41-18-13-9-7-2)33(39)42-22-27-15-14-17-29(25(27)3)26(4)32-21-35-23-37-32/h14-15,17,20-21,23-24,26,30-31H,6-13,16,18-19,22H2,1-5H3,(H,35,37)/t26-,30-,31+/m0/s1. The van der Waals surface area contributed by atoms with Gasteiger partial charge in [0.25, 0.3) is 0 Å². The molecule has 8 nitrogen and oxygen atoms in total. The van der Waals surface area contributed by atoms with Crippen LogP contribution < -0.4 is 0 Å². The van der Waals surface area contributed by atoms with Crippen LogP contribution in [0, 0.1) is 18.8 Å². The van der Waals surface area contributed by atoms with Gasteiger partial charge >= 0.3 is 11.9 Å². The van der Waals surface area contributed by atoms with Crippen molar-refractivity contribution in [2.45, 2.75) is 104 Å². The van der Waals surface area contributed by atoms with Gasteiger partial charge in [-0.2, -0.15) is 0 Å². The third-order valence-electron chi connectivity index (χ3n) is 8.36. The Kier molecular flexibility index (Phi) is 13.8. The summed E-state index contributed by atoms with van der Waals surface area (Å²) in [6, 6.07) is 6.10. The Morgan fingerprint density at radius 1 is 0.929 bits per heavy atom. The zero-order valence-corrected chi connectivity index (χ0v) is 26.2. The Balaban J connectivity index is 1.80. The van der Waals surface area contributed by atoms with Crippen molar-refractivity contribution >= 4 is 11.9 Å². The number of esters is 2. The molecule has 0 aliphatic rings. The van der Waals surface area contributed by atoms with Crippen molar-refractivity contribution in [1.29, 1.82) is 0 Å². The molecule has 0 unspecified atom stereocenters. The smallest absolute Gasteiger partial charge is 0.310 e. The van der Waals surface area contributed by atoms with Crippen LogP contribution in [0.2, 0.25) is 0 Å². The van der Waals surface area contributed by atoms with Crippen molar-refractivity contribution < 1.29 is 19.1 Å². The molecule has 0 radical (unpaired) electrons. The fraction of sp³-hybridized carbons (Fsp3) is 0.588. The SMILES string of the molecule is CCCCCCC[C@H](C(=O)OCc1cccc([C@H](C)c2cnc[nH]2)c1C)[C@@H](Cc1cncn1C)C(=O)OCCCCC. The number of carbonyl (C=O) groups is 2. The van der Waals surface area contributed by atoms with E-state index in [1.807, 2.05) is 29.9 Å². The van der Waals surface area contributed by atoms with Crippen LogP contribution in [0.25, 0.3) is 0 Å². The number of benzene rings is 1. The van der Waals surface area contributed by atoms with E-state index in [-0.39, 0.29) is 24.5 Å². The van der Waals surface area contributed by atoms with Gasteiger partial charge in [-0.3, -0.25) is 9.59 Å². The predicted octanol–water partition coefficient (Wildman–Crippen LogP) is 7.22. The molecule has 0 aliphatic heterocycles. The first-order chi connectivity index (χ1) is 20.4. The van der Waals surface area contributed by atoms with Gasteiger partial charge in [-0.05, 0) is 36.5 Å². The van der Waals surface area contributed by atoms with E-state index in [0.29, 0.717) is 19.4 Å². The number of aryl methyl sites for hydroxylation is 1. The average Bonchev–Trinajstić information content (AvgIpc) is 3.67. The van der Waals surface area contributed by atoms with Gasteiger partial charge in [0.2, 0.25) is 0 Å². The van der Waals surface area contributed by atoms with E-state index in [4.69, 9.17) is 9.47 Å². The van der Waals surface area contributed by atoms with Gasteiger partial charge in [-0.1, -0.05) is 83.9 Å². The summed E-state index contributed by atoms with van der Waals surface area (Å²) in [7, 11) is 1.91. The molecule has 0 saturated heterocycles. The van der Waals surface area contributed by atoms with Crippen LogP contribution in [0.4, 0.5) is 0 Å². The molecule has 1 aromatic carbocycles. The van der Waals surface area contributed by atoms with E-state index in [0.717, 1.165) is 73.0 Å². The van der Waals surface area contributed by atoms with Crippen LogP contribution in [0.15, 0.2) is 43.2 Å². The lowest BCUT2D eigenvalue weighted by molar-refractivity contribution is -0.162. The summed E-state index contributed by atoms with van der Waals surface area (Å²) < 4.78 is 13.7. The Hall–Kier alpha value is -3.42. The first-order valence-corrected chi connectivity index (χ1v) is 15.7. The van der Waals surface area contributed by atoms with Crippen LogP contribution in [0.3, 0.4) is 0 Å². The Labute approximate surface area is 251 Å². The highest BCUT2D eigenvalue weighted by molar-refractivity contribution is 5.82. The van der Waals surface area contributed by atoms with Gasteiger partial charge in [-0.15, -0.1) is 0 Å². The minimum atomic E-state index is -0.631. The van der Waals surface area contributed by atoms with Gasteiger partial charge in [0.1, 0.15) is 6.61 Å². The second kappa shape index (κ2) is 17.5. The zero-order chi connectivity index (χ0) is 30.3. The van der Waals surface area contributed by atoms with Crippen molar-refractivity contribution in [1.82, 2.24) is 19.5 Å². The highest BCUT2D eigenvalue weighted by atomic mass is 16.5. The third kappa shape index (κ3) is 9.57. The van der Waals surface area contributed by atoms with Crippen molar-refractivity contribution in [3.8, 4) is 0 Å². The number of rotatable bonds is 19. The number of aromatic amines is 1. The highest BCUT2D eigenvalue weighted by Crippen LogP contribution is 2.30. The van der Waals surface area contributed by atoms with E-state index in [2.05, 4.69) is 48.7 Å². The Morgan fingerprint density at radius 3 is 2.36 bits per heavy atom. The largest absolute Gasteiger partial charge is 0.465 e. The minimum Gasteiger partial charge on any atom is -0.465 e. The number of H-pyrrole nitrogens is 1. The van der Waals surface area contributed by atoms with Crippen LogP contribution >= 0.6 is 0 Å². The zero-order valence-electron chi connectivity index (χ0n) is 26.2. The molecule has 0 fully saturated rings. The maximum absolute atomic E-state index is 13.8. The topological polar surface area (TPSA) is 99.1 Å². The van der Waals surface area contributed by atoms with E-state index >= 15 is 0 Å². The molecule has 0 bridgehead atoms. The van der Waals surface area contributed by atoms with Crippen LogP contribution in [0.1, 0.15) is 113 Å². The van der Waals surface area contributed by atoms with Crippen molar-refractivity contribution in [2.24, 2.45) is 18.9 Å². The summed E-state index contributed by atoms with van der Waals surface area (Å²) in [6.07, 6.45) is 16.2. The van der Waals surface area contributed by atoms with Crippen LogP contribution in [-0.4, -0.2) is 38.1 Å². The molecule has 0 amide bonds. The second-order valence-corrected chi connectivity index (χ2v) is 11.5. The summed E-state index contributed by atoms with van der Waals surface area (Å²) in [4.78, 5) is 38.9. The molecular weight excluding hydrogens is 528 g/mol. The summed E-state index contributed by atoms with van der Waals surface area (Å²) >= 11 is 0. The molecular formula is C34H50N4O4. The molecule has 2 heterocycles. The summed E-state index contributed by atoms with van der Waals surface area (Å²) in [5.41, 5.74) is 5.13. The first-order valence-electron chi connectivity index (χ1n) is 15.7. The molecule has 3 atom stereocenters. The van der Waals surface area contributed by atoms with Gasteiger partial charge in [0, 0.05) is 43.2 Å². The van der Waals surface area contributed by atoms with E-state index in [1.54, 1.807) is 18.9 Å². The number of nitrogens with zero attached hydrogens (tertiary/aromatic N) is 3. The van der Waals surface area contributed by atoms with Gasteiger partial charge in [0.05, 0.1) is 31.1 Å². The summed E-state index contributed by atoms with van der Waals surface area (Å²) in [5.74, 6) is -1.75. The number of ether oxygens (including phenoxy) is 2. The lowest BCUT2D eigenvalue weighted by Gasteiger charge is -2.25. The van der Waals surface area contributed by atoms with Crippen molar-refractivity contribution in [3.63, 3.8) is 0 Å². The maximum atomic E-state index is 13.8. The molecule has 3 rings (SSSR count). The highest BCUT2D eigenvalue weighted by Gasteiger charge is 2.36. The molecule has 2 aromatic heterocycles. The second-order valence-electron chi connectivity index (χ2n) is 11.5. The monoisotopic (exact) mass is 578 g/mol. The number of hydrogen-bond donors (Lipinski definition) is 1. The number of aromatic nitrogens is 4. The summed E-state index contributed by atoms with van der Waals surface area (Å²) in [5, 5.41) is 0. The Morgan fingerprint density at radius 2 is 1.67 bits per heavy atom. The van der Waals surface area contributed by atoms with Crippen LogP contribution in [0.5, 0.6) is 0 Å². The molecule has 42 heavy (non-hydrogen) atoms. The Bertz CT molecular complexity index is 1220. The number of carbonyl (C=O) groups excluding carboxylic acids is 2. The van der Waals surface area contributed by atoms with Crippen molar-refractivity contribution in [3.05, 3.63) is 71.3 Å². The number of unbranched alkanes of at least 4 members (excludes halogenated alkanes) is 6. The predicted molar refractivity (Wildman–Crippen MR) is 165 cm³/mol. The van der Waals surface area contributed by atoms with Crippen molar-refractivity contribution in [2.75, 3.05) is 6.61 Å². The fourth-order valence-corrected chi connectivity index (χ4v) is 5.54. The third-order valence-corrected chi connectivity index (χ3v) is 8.36. The molecule has 8 heteroatoms. The molecule has 0 aliphatic carbocycles.